The Kier molecular flexibility index (Phi) is 5.00. The van der Waals surface area contributed by atoms with Gasteiger partial charge >= 0.3 is 0 Å². The first-order valence-electron chi connectivity index (χ1n) is 7.20. The molecule has 0 bridgehead atoms. The van der Waals surface area contributed by atoms with Crippen LogP contribution in [0.3, 0.4) is 0 Å². The zero-order valence-electron chi connectivity index (χ0n) is 11.3. The molecule has 100 valence electrons. The summed E-state index contributed by atoms with van der Waals surface area (Å²) in [6, 6.07) is 0. The van der Waals surface area contributed by atoms with Crippen LogP contribution in [0.4, 0.5) is 0 Å². The summed E-state index contributed by atoms with van der Waals surface area (Å²) in [7, 11) is 0. The standard InChI is InChI=1S/C15H24N2O/c1-2-10-17-12-14(11-16-17)15(18)13-8-6-4-3-5-7-9-13/h8,11-12,15,18H,2-7,9-10H2,1H3/b13-8+. The molecule has 0 aliphatic heterocycles. The molecule has 0 fully saturated rings. The molecular weight excluding hydrogens is 224 g/mol. The first-order chi connectivity index (χ1) is 8.81. The third-order valence-electron chi connectivity index (χ3n) is 3.60. The van der Waals surface area contributed by atoms with Crippen molar-refractivity contribution in [1.29, 1.82) is 0 Å². The van der Waals surface area contributed by atoms with E-state index in [0.29, 0.717) is 0 Å². The minimum Gasteiger partial charge on any atom is -0.384 e. The Bertz CT molecular complexity index is 395. The molecule has 0 amide bonds. The largest absolute Gasteiger partial charge is 0.384 e. The molecule has 1 aliphatic rings. The SMILES string of the molecule is CCCn1cc(C(O)/C2=C/CCCCCC2)cn1. The van der Waals surface area contributed by atoms with Crippen LogP contribution < -0.4 is 0 Å². The van der Waals surface area contributed by atoms with Crippen LogP contribution in [0.25, 0.3) is 0 Å². The van der Waals surface area contributed by atoms with E-state index in [-0.39, 0.29) is 0 Å². The average Bonchev–Trinajstić information content (AvgIpc) is 2.77. The van der Waals surface area contributed by atoms with Crippen LogP contribution in [0.1, 0.15) is 63.5 Å². The molecule has 1 heterocycles. The fourth-order valence-corrected chi connectivity index (χ4v) is 2.55. The van der Waals surface area contributed by atoms with Gasteiger partial charge in [0.05, 0.1) is 6.20 Å². The zero-order chi connectivity index (χ0) is 12.8. The number of hydrogen-bond donors (Lipinski definition) is 1. The highest BCUT2D eigenvalue weighted by molar-refractivity contribution is 5.22. The molecule has 2 rings (SSSR count). The second kappa shape index (κ2) is 6.74. The van der Waals surface area contributed by atoms with E-state index in [1.165, 1.54) is 31.3 Å². The van der Waals surface area contributed by atoms with E-state index < -0.39 is 6.10 Å². The number of aliphatic hydroxyl groups excluding tert-OH is 1. The van der Waals surface area contributed by atoms with Crippen molar-refractivity contribution in [2.45, 2.75) is 64.5 Å². The van der Waals surface area contributed by atoms with Crippen LogP contribution in [0.15, 0.2) is 24.0 Å². The Morgan fingerprint density at radius 3 is 3.00 bits per heavy atom. The molecule has 1 N–H and O–H groups in total. The molecule has 0 saturated carbocycles. The summed E-state index contributed by atoms with van der Waals surface area (Å²) in [5.41, 5.74) is 2.13. The summed E-state index contributed by atoms with van der Waals surface area (Å²) in [6.07, 6.45) is 13.9. The fourth-order valence-electron chi connectivity index (χ4n) is 2.55. The second-order valence-electron chi connectivity index (χ2n) is 5.17. The van der Waals surface area contributed by atoms with Crippen LogP contribution in [0.2, 0.25) is 0 Å². The molecular formula is C15H24N2O. The van der Waals surface area contributed by atoms with Gasteiger partial charge in [-0.15, -0.1) is 0 Å². The number of aliphatic hydroxyl groups is 1. The number of aromatic nitrogens is 2. The summed E-state index contributed by atoms with van der Waals surface area (Å²) in [5, 5.41) is 14.7. The third kappa shape index (κ3) is 3.45. The summed E-state index contributed by atoms with van der Waals surface area (Å²) in [4.78, 5) is 0. The highest BCUT2D eigenvalue weighted by Crippen LogP contribution is 2.28. The highest BCUT2D eigenvalue weighted by Gasteiger charge is 2.15. The van der Waals surface area contributed by atoms with Gasteiger partial charge < -0.3 is 5.11 Å². The fraction of sp³-hybridized carbons (Fsp3) is 0.667. The smallest absolute Gasteiger partial charge is 0.103 e. The first-order valence-corrected chi connectivity index (χ1v) is 7.20. The Hall–Kier alpha value is -1.09. The Balaban J connectivity index is 2.05. The van der Waals surface area contributed by atoms with Gasteiger partial charge in [0.15, 0.2) is 0 Å². The van der Waals surface area contributed by atoms with Crippen LogP contribution in [-0.4, -0.2) is 14.9 Å². The van der Waals surface area contributed by atoms with Gasteiger partial charge in [-0.3, -0.25) is 4.68 Å². The lowest BCUT2D eigenvalue weighted by molar-refractivity contribution is 0.209. The number of allylic oxidation sites excluding steroid dienone is 1. The van der Waals surface area contributed by atoms with Crippen molar-refractivity contribution in [3.05, 3.63) is 29.6 Å². The molecule has 0 spiro atoms. The minimum atomic E-state index is -0.450. The van der Waals surface area contributed by atoms with Crippen molar-refractivity contribution in [3.8, 4) is 0 Å². The lowest BCUT2D eigenvalue weighted by Crippen LogP contribution is -2.03. The second-order valence-corrected chi connectivity index (χ2v) is 5.17. The minimum absolute atomic E-state index is 0.450. The topological polar surface area (TPSA) is 38.0 Å². The molecule has 18 heavy (non-hydrogen) atoms. The predicted octanol–water partition coefficient (Wildman–Crippen LogP) is 3.61. The van der Waals surface area contributed by atoms with Crippen molar-refractivity contribution in [3.63, 3.8) is 0 Å². The highest BCUT2D eigenvalue weighted by atomic mass is 16.3. The van der Waals surface area contributed by atoms with Crippen molar-refractivity contribution in [2.24, 2.45) is 0 Å². The Morgan fingerprint density at radius 2 is 2.17 bits per heavy atom. The molecule has 1 aromatic heterocycles. The van der Waals surface area contributed by atoms with Gasteiger partial charge in [0.1, 0.15) is 6.10 Å². The molecule has 1 aliphatic carbocycles. The summed E-state index contributed by atoms with van der Waals surface area (Å²) < 4.78 is 1.92. The van der Waals surface area contributed by atoms with Crippen LogP contribution >= 0.6 is 0 Å². The average molecular weight is 248 g/mol. The van der Waals surface area contributed by atoms with Crippen LogP contribution in [0, 0.1) is 0 Å². The van der Waals surface area contributed by atoms with E-state index in [1.54, 1.807) is 6.20 Å². The van der Waals surface area contributed by atoms with Gasteiger partial charge in [-0.1, -0.05) is 25.8 Å². The van der Waals surface area contributed by atoms with Crippen molar-refractivity contribution in [1.82, 2.24) is 9.78 Å². The third-order valence-corrected chi connectivity index (χ3v) is 3.60. The number of hydrogen-bond acceptors (Lipinski definition) is 2. The molecule has 3 nitrogen and oxygen atoms in total. The summed E-state index contributed by atoms with van der Waals surface area (Å²) >= 11 is 0. The maximum Gasteiger partial charge on any atom is 0.103 e. The van der Waals surface area contributed by atoms with Crippen molar-refractivity contribution < 1.29 is 5.11 Å². The molecule has 0 saturated heterocycles. The quantitative estimate of drug-likeness (QED) is 0.827. The summed E-state index contributed by atoms with van der Waals surface area (Å²) in [6.45, 7) is 3.06. The molecule has 0 aromatic carbocycles. The molecule has 1 unspecified atom stereocenters. The number of nitrogens with zero attached hydrogens (tertiary/aromatic N) is 2. The van der Waals surface area contributed by atoms with Crippen LogP contribution in [-0.2, 0) is 6.54 Å². The van der Waals surface area contributed by atoms with Crippen molar-refractivity contribution in [2.75, 3.05) is 0 Å². The van der Waals surface area contributed by atoms with Gasteiger partial charge in [-0.25, -0.2) is 0 Å². The van der Waals surface area contributed by atoms with Gasteiger partial charge in [-0.2, -0.15) is 5.10 Å². The van der Waals surface area contributed by atoms with Gasteiger partial charge in [0.25, 0.3) is 0 Å². The number of rotatable bonds is 4. The summed E-state index contributed by atoms with van der Waals surface area (Å²) in [5.74, 6) is 0. The predicted molar refractivity (Wildman–Crippen MR) is 73.3 cm³/mol. The van der Waals surface area contributed by atoms with Gasteiger partial charge in [-0.05, 0) is 37.7 Å². The molecule has 1 atom stereocenters. The van der Waals surface area contributed by atoms with Crippen molar-refractivity contribution >= 4 is 0 Å². The van der Waals surface area contributed by atoms with E-state index in [0.717, 1.165) is 31.4 Å². The van der Waals surface area contributed by atoms with Gasteiger partial charge in [0.2, 0.25) is 0 Å². The Morgan fingerprint density at radius 1 is 1.33 bits per heavy atom. The maximum atomic E-state index is 10.4. The van der Waals surface area contributed by atoms with E-state index >= 15 is 0 Å². The molecule has 3 heteroatoms. The van der Waals surface area contributed by atoms with Gasteiger partial charge in [0, 0.05) is 18.3 Å². The first kappa shape index (κ1) is 13.3. The van der Waals surface area contributed by atoms with E-state index in [9.17, 15) is 5.11 Å². The van der Waals surface area contributed by atoms with E-state index in [4.69, 9.17) is 0 Å². The lowest BCUT2D eigenvalue weighted by Gasteiger charge is -2.16. The van der Waals surface area contributed by atoms with Crippen LogP contribution in [0.5, 0.6) is 0 Å². The number of aryl methyl sites for hydroxylation is 1. The molecule has 0 radical (unpaired) electrons. The van der Waals surface area contributed by atoms with E-state index in [1.807, 2.05) is 10.9 Å². The zero-order valence-corrected chi connectivity index (χ0v) is 11.3. The van der Waals surface area contributed by atoms with E-state index in [2.05, 4.69) is 18.1 Å². The maximum absolute atomic E-state index is 10.4. The molecule has 1 aromatic rings. The monoisotopic (exact) mass is 248 g/mol. The Labute approximate surface area is 110 Å². The normalized spacial score (nSPS) is 21.8. The lowest BCUT2D eigenvalue weighted by atomic mass is 9.94.